The summed E-state index contributed by atoms with van der Waals surface area (Å²) in [4.78, 5) is 16.3. The van der Waals surface area contributed by atoms with Crippen LogP contribution in [0.1, 0.15) is 35.7 Å². The second-order valence-electron chi connectivity index (χ2n) is 5.85. The number of benzene rings is 1. The van der Waals surface area contributed by atoms with Gasteiger partial charge in [0.15, 0.2) is 0 Å². The predicted octanol–water partition coefficient (Wildman–Crippen LogP) is 3.15. The maximum absolute atomic E-state index is 11.4. The second-order valence-corrected chi connectivity index (χ2v) is 6.77. The zero-order chi connectivity index (χ0) is 16.3. The Hall–Kier alpha value is -1.01. The number of carboxylic acids is 1. The standard InChI is InChI=1S/C16H24BBrN2O2/c1-4-20(13-5-7-19(17-3)8-6-13)15-10-12(18)9-14(11(15)2)16(21)22/h9-10,13,17H,4-8H2,1-3H3,(H,21,22). The van der Waals surface area contributed by atoms with Crippen LogP contribution in [-0.2, 0) is 0 Å². The van der Waals surface area contributed by atoms with Gasteiger partial charge in [0.05, 0.1) is 5.56 Å². The molecule has 1 N–H and O–H groups in total. The summed E-state index contributed by atoms with van der Waals surface area (Å²) in [6.07, 6.45) is 2.27. The molecule has 1 saturated heterocycles. The van der Waals surface area contributed by atoms with Crippen LogP contribution in [0.3, 0.4) is 0 Å². The first kappa shape index (κ1) is 17.4. The quantitative estimate of drug-likeness (QED) is 0.813. The third-order valence-electron chi connectivity index (χ3n) is 4.67. The highest BCUT2D eigenvalue weighted by molar-refractivity contribution is 9.10. The Morgan fingerprint density at radius 2 is 2.09 bits per heavy atom. The van der Waals surface area contributed by atoms with Gasteiger partial charge in [0.1, 0.15) is 0 Å². The van der Waals surface area contributed by atoms with Crippen molar-refractivity contribution < 1.29 is 9.90 Å². The normalized spacial score (nSPS) is 16.5. The molecule has 0 atom stereocenters. The minimum Gasteiger partial charge on any atom is -0.478 e. The van der Waals surface area contributed by atoms with Crippen LogP contribution in [0.4, 0.5) is 5.69 Å². The van der Waals surface area contributed by atoms with Crippen LogP contribution in [0.5, 0.6) is 0 Å². The molecule has 120 valence electrons. The van der Waals surface area contributed by atoms with Gasteiger partial charge in [0.2, 0.25) is 7.41 Å². The molecule has 0 aliphatic carbocycles. The molecule has 1 aromatic carbocycles. The molecular weight excluding hydrogens is 343 g/mol. The van der Waals surface area contributed by atoms with Crippen molar-refractivity contribution in [2.24, 2.45) is 0 Å². The Morgan fingerprint density at radius 1 is 1.45 bits per heavy atom. The molecule has 1 heterocycles. The van der Waals surface area contributed by atoms with E-state index in [-0.39, 0.29) is 0 Å². The molecule has 0 amide bonds. The molecule has 0 spiro atoms. The third kappa shape index (κ3) is 3.66. The Kier molecular flexibility index (Phi) is 5.92. The van der Waals surface area contributed by atoms with Gasteiger partial charge in [-0.15, -0.1) is 0 Å². The molecule has 0 unspecified atom stereocenters. The van der Waals surface area contributed by atoms with Gasteiger partial charge in [-0.2, -0.15) is 0 Å². The Balaban J connectivity index is 2.30. The first-order valence-electron chi connectivity index (χ1n) is 8.00. The Labute approximate surface area is 141 Å². The molecule has 1 fully saturated rings. The van der Waals surface area contributed by atoms with Crippen molar-refractivity contribution in [2.75, 3.05) is 24.5 Å². The first-order chi connectivity index (χ1) is 10.5. The SMILES string of the molecule is CBN1CCC(N(CC)c2cc(Br)cc(C(=O)O)c2C)CC1. The van der Waals surface area contributed by atoms with Gasteiger partial charge in [0.25, 0.3) is 0 Å². The van der Waals surface area contributed by atoms with E-state index in [0.29, 0.717) is 11.6 Å². The molecule has 4 nitrogen and oxygen atoms in total. The molecule has 0 bridgehead atoms. The highest BCUT2D eigenvalue weighted by Gasteiger charge is 2.25. The molecule has 6 heteroatoms. The van der Waals surface area contributed by atoms with Crippen molar-refractivity contribution in [3.8, 4) is 0 Å². The fraction of sp³-hybridized carbons (Fsp3) is 0.562. The summed E-state index contributed by atoms with van der Waals surface area (Å²) in [6.45, 7) is 9.40. The largest absolute Gasteiger partial charge is 0.478 e. The lowest BCUT2D eigenvalue weighted by molar-refractivity contribution is 0.0696. The van der Waals surface area contributed by atoms with E-state index >= 15 is 0 Å². The molecule has 0 radical (unpaired) electrons. The van der Waals surface area contributed by atoms with E-state index in [2.05, 4.69) is 45.5 Å². The lowest BCUT2D eigenvalue weighted by Gasteiger charge is -2.40. The van der Waals surface area contributed by atoms with E-state index < -0.39 is 5.97 Å². The number of hydrogen-bond acceptors (Lipinski definition) is 3. The predicted molar refractivity (Wildman–Crippen MR) is 96.5 cm³/mol. The van der Waals surface area contributed by atoms with E-state index in [1.165, 1.54) is 0 Å². The molecule has 22 heavy (non-hydrogen) atoms. The van der Waals surface area contributed by atoms with Gasteiger partial charge >= 0.3 is 5.97 Å². The summed E-state index contributed by atoms with van der Waals surface area (Å²) >= 11 is 3.46. The fourth-order valence-corrected chi connectivity index (χ4v) is 3.80. The summed E-state index contributed by atoms with van der Waals surface area (Å²) in [5.41, 5.74) is 2.29. The summed E-state index contributed by atoms with van der Waals surface area (Å²) in [7, 11) is 1.11. The zero-order valence-electron chi connectivity index (χ0n) is 13.6. The van der Waals surface area contributed by atoms with Crippen LogP contribution in [0.2, 0.25) is 6.82 Å². The van der Waals surface area contributed by atoms with E-state index in [4.69, 9.17) is 0 Å². The van der Waals surface area contributed by atoms with E-state index in [1.807, 2.05) is 6.92 Å². The smallest absolute Gasteiger partial charge is 0.336 e. The van der Waals surface area contributed by atoms with Crippen LogP contribution in [0, 0.1) is 6.92 Å². The molecule has 1 aliphatic heterocycles. The van der Waals surface area contributed by atoms with E-state index in [0.717, 1.165) is 55.6 Å². The van der Waals surface area contributed by atoms with Crippen molar-refractivity contribution in [3.63, 3.8) is 0 Å². The van der Waals surface area contributed by atoms with Crippen LogP contribution in [0.15, 0.2) is 16.6 Å². The van der Waals surface area contributed by atoms with Crippen LogP contribution < -0.4 is 4.90 Å². The van der Waals surface area contributed by atoms with Crippen molar-refractivity contribution in [2.45, 2.75) is 39.6 Å². The molecule has 0 saturated carbocycles. The van der Waals surface area contributed by atoms with Crippen molar-refractivity contribution in [3.05, 3.63) is 27.7 Å². The molecule has 2 rings (SSSR count). The van der Waals surface area contributed by atoms with Crippen LogP contribution >= 0.6 is 15.9 Å². The van der Waals surface area contributed by atoms with Crippen molar-refractivity contribution >= 4 is 35.0 Å². The molecule has 1 aromatic rings. The number of aromatic carboxylic acids is 1. The highest BCUT2D eigenvalue weighted by atomic mass is 79.9. The number of anilines is 1. The monoisotopic (exact) mass is 366 g/mol. The van der Waals surface area contributed by atoms with Crippen LogP contribution in [-0.4, -0.2) is 49.0 Å². The fourth-order valence-electron chi connectivity index (χ4n) is 3.36. The summed E-state index contributed by atoms with van der Waals surface area (Å²) in [6, 6.07) is 4.23. The molecular formula is C16H24BBrN2O2. The Bertz CT molecular complexity index is 545. The number of hydrogen-bond donors (Lipinski definition) is 1. The molecule has 0 aromatic heterocycles. The van der Waals surface area contributed by atoms with Gasteiger partial charge in [-0.25, -0.2) is 4.79 Å². The number of rotatable bonds is 5. The maximum atomic E-state index is 11.4. The van der Waals surface area contributed by atoms with Crippen molar-refractivity contribution in [1.82, 2.24) is 4.81 Å². The van der Waals surface area contributed by atoms with E-state index in [9.17, 15) is 9.90 Å². The topological polar surface area (TPSA) is 43.8 Å². The number of nitrogens with zero attached hydrogens (tertiary/aromatic N) is 2. The maximum Gasteiger partial charge on any atom is 0.336 e. The summed E-state index contributed by atoms with van der Waals surface area (Å²) < 4.78 is 0.829. The van der Waals surface area contributed by atoms with Gasteiger partial charge in [0, 0.05) is 22.7 Å². The van der Waals surface area contributed by atoms with Crippen molar-refractivity contribution in [1.29, 1.82) is 0 Å². The van der Waals surface area contributed by atoms with Gasteiger partial charge < -0.3 is 14.8 Å². The minimum atomic E-state index is -0.864. The number of piperidine rings is 1. The molecule has 1 aliphatic rings. The summed E-state index contributed by atoms with van der Waals surface area (Å²) in [5, 5.41) is 9.40. The lowest BCUT2D eigenvalue weighted by Crippen LogP contribution is -2.46. The number of carbonyl (C=O) groups is 1. The van der Waals surface area contributed by atoms with Gasteiger partial charge in [-0.1, -0.05) is 22.8 Å². The Morgan fingerprint density at radius 3 is 2.59 bits per heavy atom. The summed E-state index contributed by atoms with van der Waals surface area (Å²) in [5.74, 6) is -0.864. The van der Waals surface area contributed by atoms with Gasteiger partial charge in [-0.3, -0.25) is 0 Å². The lowest BCUT2D eigenvalue weighted by atomic mass is 9.90. The zero-order valence-corrected chi connectivity index (χ0v) is 15.2. The second kappa shape index (κ2) is 7.51. The number of halogens is 1. The average Bonchev–Trinajstić information content (AvgIpc) is 2.51. The average molecular weight is 367 g/mol. The number of carboxylic acid groups (broad SMARTS) is 1. The first-order valence-corrected chi connectivity index (χ1v) is 8.79. The van der Waals surface area contributed by atoms with Crippen LogP contribution in [0.25, 0.3) is 0 Å². The highest BCUT2D eigenvalue weighted by Crippen LogP contribution is 2.31. The van der Waals surface area contributed by atoms with Gasteiger partial charge in [-0.05, 0) is 57.5 Å². The third-order valence-corrected chi connectivity index (χ3v) is 5.13. The van der Waals surface area contributed by atoms with E-state index in [1.54, 1.807) is 6.07 Å². The minimum absolute atomic E-state index is 0.383.